The third-order valence-electron chi connectivity index (χ3n) is 3.28. The van der Waals surface area contributed by atoms with Crippen LogP contribution in [0.4, 0.5) is 9.93 Å². The summed E-state index contributed by atoms with van der Waals surface area (Å²) < 4.78 is 13.9. The number of aromatic nitrogens is 1. The van der Waals surface area contributed by atoms with Crippen LogP contribution < -0.4 is 10.6 Å². The van der Waals surface area contributed by atoms with Crippen molar-refractivity contribution in [3.05, 3.63) is 45.9 Å². The van der Waals surface area contributed by atoms with Crippen molar-refractivity contribution in [2.45, 2.75) is 12.3 Å². The first-order chi connectivity index (χ1) is 11.6. The van der Waals surface area contributed by atoms with Gasteiger partial charge in [-0.1, -0.05) is 29.7 Å². The average molecular weight is 352 g/mol. The predicted octanol–water partition coefficient (Wildman–Crippen LogP) is 2.85. The molecule has 0 fully saturated rings. The van der Waals surface area contributed by atoms with Crippen LogP contribution in [0.2, 0.25) is 5.02 Å². The quantitative estimate of drug-likeness (QED) is 0.725. The van der Waals surface area contributed by atoms with Gasteiger partial charge in [-0.3, -0.25) is 5.32 Å². The van der Waals surface area contributed by atoms with Crippen LogP contribution in [0.5, 0.6) is 0 Å². The van der Waals surface area contributed by atoms with Crippen LogP contribution in [0.1, 0.15) is 20.9 Å². The van der Waals surface area contributed by atoms with Crippen molar-refractivity contribution >= 4 is 34.1 Å². The van der Waals surface area contributed by atoms with Gasteiger partial charge in [-0.2, -0.15) is 0 Å². The van der Waals surface area contributed by atoms with E-state index in [0.717, 1.165) is 5.56 Å². The maximum absolute atomic E-state index is 11.7. The number of benzene rings is 1. The van der Waals surface area contributed by atoms with E-state index in [-0.39, 0.29) is 0 Å². The standard InChI is InChI=1S/C16H16ClN3O2S/c1-3-16(2,11-4-6-12(17)7-5-11)13-10-23-15(19-13)20-14(22)18-8-9-21/h1,4-7,10,21H,8-9H2,2H3,(H2,18,19,20,22)/t16-/m1/s1/i9D2. The van der Waals surface area contributed by atoms with Crippen molar-refractivity contribution in [1.82, 2.24) is 10.3 Å². The number of amides is 2. The molecular formula is C16H16ClN3O2S. The lowest BCUT2D eigenvalue weighted by Gasteiger charge is -2.22. The first kappa shape index (κ1) is 14.5. The van der Waals surface area contributed by atoms with Gasteiger partial charge in [0.05, 0.1) is 20.4 Å². The lowest BCUT2D eigenvalue weighted by atomic mass is 9.81. The predicted molar refractivity (Wildman–Crippen MR) is 93.0 cm³/mol. The van der Waals surface area contributed by atoms with Gasteiger partial charge < -0.3 is 10.4 Å². The van der Waals surface area contributed by atoms with E-state index >= 15 is 0 Å². The largest absolute Gasteiger partial charge is 0.395 e. The Hall–Kier alpha value is -2.07. The van der Waals surface area contributed by atoms with Crippen LogP contribution in [0.15, 0.2) is 29.6 Å². The molecule has 0 radical (unpaired) electrons. The summed E-state index contributed by atoms with van der Waals surface area (Å²) in [7, 11) is 0. The highest BCUT2D eigenvalue weighted by Crippen LogP contribution is 2.33. The van der Waals surface area contributed by atoms with Crippen molar-refractivity contribution in [3.63, 3.8) is 0 Å². The number of terminal acetylenes is 1. The molecule has 0 saturated carbocycles. The Labute approximate surface area is 146 Å². The van der Waals surface area contributed by atoms with Crippen molar-refractivity contribution in [2.75, 3.05) is 18.4 Å². The minimum atomic E-state index is -2.48. The molecule has 3 N–H and O–H groups in total. The second-order valence-electron chi connectivity index (χ2n) is 4.78. The monoisotopic (exact) mass is 351 g/mol. The van der Waals surface area contributed by atoms with E-state index in [9.17, 15) is 4.79 Å². The van der Waals surface area contributed by atoms with Crippen molar-refractivity contribution in [2.24, 2.45) is 0 Å². The van der Waals surface area contributed by atoms with Crippen LogP contribution in [0.25, 0.3) is 0 Å². The first-order valence-corrected chi connectivity index (χ1v) is 7.87. The number of aliphatic hydroxyl groups is 1. The van der Waals surface area contributed by atoms with E-state index in [0.29, 0.717) is 15.8 Å². The number of nitrogens with one attached hydrogen (secondary N) is 2. The number of anilines is 1. The van der Waals surface area contributed by atoms with Crippen LogP contribution in [0, 0.1) is 12.3 Å². The highest BCUT2D eigenvalue weighted by atomic mass is 35.5. The maximum atomic E-state index is 11.7. The van der Waals surface area contributed by atoms with E-state index in [1.807, 2.05) is 19.1 Å². The number of hydrogen-bond donors (Lipinski definition) is 3. The van der Waals surface area contributed by atoms with Gasteiger partial charge in [-0.25, -0.2) is 9.78 Å². The molecule has 1 aromatic heterocycles. The minimum Gasteiger partial charge on any atom is -0.395 e. The summed E-state index contributed by atoms with van der Waals surface area (Å²) in [6, 6.07) is 6.46. The molecular weight excluding hydrogens is 334 g/mol. The fourth-order valence-corrected chi connectivity index (χ4v) is 2.85. The number of thiazole rings is 1. The zero-order valence-electron chi connectivity index (χ0n) is 14.3. The third-order valence-corrected chi connectivity index (χ3v) is 4.28. The molecule has 0 bridgehead atoms. The smallest absolute Gasteiger partial charge is 0.321 e. The highest BCUT2D eigenvalue weighted by molar-refractivity contribution is 7.14. The summed E-state index contributed by atoms with van der Waals surface area (Å²) in [5.41, 5.74) is 0.643. The summed E-state index contributed by atoms with van der Waals surface area (Å²) in [6.07, 6.45) is 5.73. The van der Waals surface area contributed by atoms with Crippen LogP contribution >= 0.6 is 22.9 Å². The second kappa shape index (κ2) is 7.47. The molecule has 7 heteroatoms. The molecule has 0 aliphatic carbocycles. The molecule has 1 aromatic carbocycles. The molecule has 23 heavy (non-hydrogen) atoms. The molecule has 0 aliphatic rings. The van der Waals surface area contributed by atoms with Gasteiger partial charge in [0.25, 0.3) is 0 Å². The Balaban J connectivity index is 2.15. The van der Waals surface area contributed by atoms with Crippen LogP contribution in [-0.2, 0) is 5.41 Å². The lowest BCUT2D eigenvalue weighted by molar-refractivity contribution is 0.245. The van der Waals surface area contributed by atoms with Crippen molar-refractivity contribution < 1.29 is 12.6 Å². The Bertz CT molecular complexity index is 799. The maximum Gasteiger partial charge on any atom is 0.321 e. The number of halogens is 1. The topological polar surface area (TPSA) is 74.2 Å². The van der Waals surface area contributed by atoms with E-state index < -0.39 is 24.5 Å². The number of nitrogens with zero attached hydrogens (tertiary/aromatic N) is 1. The molecule has 0 aliphatic heterocycles. The number of urea groups is 1. The summed E-state index contributed by atoms with van der Waals surface area (Å²) >= 11 is 7.10. The Kier molecular flexibility index (Phi) is 4.71. The lowest BCUT2D eigenvalue weighted by Crippen LogP contribution is -2.31. The molecule has 2 rings (SSSR count). The number of carbonyl (C=O) groups excluding carboxylic acids is 1. The molecule has 0 spiro atoms. The van der Waals surface area contributed by atoms with Crippen molar-refractivity contribution in [1.29, 1.82) is 0 Å². The minimum absolute atomic E-state index is 0.307. The summed E-state index contributed by atoms with van der Waals surface area (Å²) in [4.78, 5) is 16.1. The molecule has 2 aromatic rings. The second-order valence-corrected chi connectivity index (χ2v) is 6.07. The molecule has 120 valence electrons. The third kappa shape index (κ3) is 4.02. The zero-order valence-corrected chi connectivity index (χ0v) is 13.8. The summed E-state index contributed by atoms with van der Waals surface area (Å²) in [5, 5.41) is 16.3. The molecule has 0 unspecified atom stereocenters. The van der Waals surface area contributed by atoms with E-state index in [1.165, 1.54) is 11.3 Å². The molecule has 5 nitrogen and oxygen atoms in total. The summed E-state index contributed by atoms with van der Waals surface area (Å²) in [5.74, 6) is 2.73. The Morgan fingerprint density at radius 3 is 2.87 bits per heavy atom. The highest BCUT2D eigenvalue weighted by Gasteiger charge is 2.29. The van der Waals surface area contributed by atoms with Gasteiger partial charge in [-0.15, -0.1) is 17.8 Å². The number of hydrogen-bond acceptors (Lipinski definition) is 4. The number of rotatable bonds is 5. The SMILES string of the molecule is [2H]C([2H])(O)CNC(=O)Nc1nc([C@](C)(C#C)c2ccc(Cl)cc2)cs1. The van der Waals surface area contributed by atoms with Crippen LogP contribution in [0.3, 0.4) is 0 Å². The van der Waals surface area contributed by atoms with Gasteiger partial charge in [0.15, 0.2) is 5.13 Å². The normalized spacial score (nSPS) is 14.9. The zero-order chi connectivity index (χ0) is 18.7. The van der Waals surface area contributed by atoms with Gasteiger partial charge in [0.2, 0.25) is 0 Å². The molecule has 1 heterocycles. The fraction of sp³-hybridized carbons (Fsp3) is 0.250. The number of carbonyl (C=O) groups is 1. The van der Waals surface area contributed by atoms with Crippen LogP contribution in [-0.4, -0.2) is 29.2 Å². The first-order valence-electron chi connectivity index (χ1n) is 7.61. The van der Waals surface area contributed by atoms with Gasteiger partial charge in [-0.05, 0) is 24.6 Å². The Morgan fingerprint density at radius 2 is 2.26 bits per heavy atom. The molecule has 1 atom stereocenters. The Morgan fingerprint density at radius 1 is 1.57 bits per heavy atom. The fourth-order valence-electron chi connectivity index (χ4n) is 1.91. The van der Waals surface area contributed by atoms with E-state index in [4.69, 9.17) is 25.9 Å². The van der Waals surface area contributed by atoms with Crippen molar-refractivity contribution in [3.8, 4) is 12.3 Å². The average Bonchev–Trinajstić information content (AvgIpc) is 3.01. The molecule has 2 amide bonds. The van der Waals surface area contributed by atoms with Gasteiger partial charge in [0, 0.05) is 16.9 Å². The van der Waals surface area contributed by atoms with E-state index in [1.54, 1.807) is 17.5 Å². The molecule has 0 saturated heterocycles. The van der Waals surface area contributed by atoms with Gasteiger partial charge >= 0.3 is 6.03 Å². The van der Waals surface area contributed by atoms with E-state index in [2.05, 4.69) is 21.5 Å². The summed E-state index contributed by atoms with van der Waals surface area (Å²) in [6.45, 7) is -1.18. The van der Waals surface area contributed by atoms with Gasteiger partial charge in [0.1, 0.15) is 0 Å².